The molecule has 1 N–H and O–H groups in total. The zero-order valence-corrected chi connectivity index (χ0v) is 18.8. The lowest BCUT2D eigenvalue weighted by Crippen LogP contribution is -2.40. The summed E-state index contributed by atoms with van der Waals surface area (Å²) in [5.41, 5.74) is 2.76. The maximum absolute atomic E-state index is 14.7. The summed E-state index contributed by atoms with van der Waals surface area (Å²) in [5, 5.41) is 3.39. The molecule has 0 amide bonds. The molecule has 172 valence electrons. The number of hydrogen-bond donors (Lipinski definition) is 1. The summed E-state index contributed by atoms with van der Waals surface area (Å²) < 4.78 is 26.0. The quantitative estimate of drug-likeness (QED) is 0.529. The Labute approximate surface area is 190 Å². The molecule has 1 unspecified atom stereocenters. The van der Waals surface area contributed by atoms with Crippen LogP contribution in [0.1, 0.15) is 17.5 Å². The lowest BCUT2D eigenvalue weighted by Gasteiger charge is -2.29. The van der Waals surface area contributed by atoms with Gasteiger partial charge in [-0.2, -0.15) is 0 Å². The minimum Gasteiger partial charge on any atom is -0.378 e. The Bertz CT molecular complexity index is 887. The Morgan fingerprint density at radius 2 is 1.94 bits per heavy atom. The molecule has 0 aromatic heterocycles. The molecule has 0 bridgehead atoms. The second-order valence-electron chi connectivity index (χ2n) is 8.39. The molecule has 0 saturated carbocycles. The van der Waals surface area contributed by atoms with Crippen LogP contribution in [0, 0.1) is 11.7 Å². The van der Waals surface area contributed by atoms with Crippen LogP contribution in [0.4, 0.5) is 10.1 Å². The highest BCUT2D eigenvalue weighted by molar-refractivity contribution is 5.80. The van der Waals surface area contributed by atoms with Crippen LogP contribution in [0.15, 0.2) is 53.5 Å². The van der Waals surface area contributed by atoms with Gasteiger partial charge in [0.05, 0.1) is 32.1 Å². The second-order valence-corrected chi connectivity index (χ2v) is 8.39. The Balaban J connectivity index is 1.23. The van der Waals surface area contributed by atoms with E-state index in [9.17, 15) is 4.39 Å². The van der Waals surface area contributed by atoms with E-state index in [2.05, 4.69) is 27.3 Å². The van der Waals surface area contributed by atoms with Gasteiger partial charge in [0.25, 0.3) is 0 Å². The van der Waals surface area contributed by atoms with Crippen molar-refractivity contribution < 1.29 is 13.9 Å². The molecule has 6 nitrogen and oxygen atoms in total. The predicted octanol–water partition coefficient (Wildman–Crippen LogP) is 3.28. The normalized spacial score (nSPS) is 19.4. The van der Waals surface area contributed by atoms with Crippen LogP contribution >= 0.6 is 0 Å². The Morgan fingerprint density at radius 3 is 2.69 bits per heavy atom. The maximum atomic E-state index is 14.7. The number of nitrogens with one attached hydrogen (secondary N) is 1. The summed E-state index contributed by atoms with van der Waals surface area (Å²) in [4.78, 5) is 8.74. The molecule has 2 aliphatic heterocycles. The van der Waals surface area contributed by atoms with Gasteiger partial charge in [0.15, 0.2) is 5.96 Å². The summed E-state index contributed by atoms with van der Waals surface area (Å²) in [6, 6.07) is 15.7. The minimum atomic E-state index is -0.182. The third-order valence-electron chi connectivity index (χ3n) is 6.08. The molecule has 0 aliphatic carbocycles. The fourth-order valence-corrected chi connectivity index (χ4v) is 4.31. The van der Waals surface area contributed by atoms with Crippen LogP contribution in [0.5, 0.6) is 0 Å². The lowest BCUT2D eigenvalue weighted by molar-refractivity contribution is 0.0906. The van der Waals surface area contributed by atoms with Crippen molar-refractivity contribution in [1.29, 1.82) is 0 Å². The van der Waals surface area contributed by atoms with Crippen LogP contribution in [0.3, 0.4) is 0 Å². The number of benzene rings is 2. The van der Waals surface area contributed by atoms with E-state index in [1.807, 2.05) is 35.2 Å². The molecule has 2 heterocycles. The van der Waals surface area contributed by atoms with Gasteiger partial charge in [0, 0.05) is 45.7 Å². The zero-order valence-electron chi connectivity index (χ0n) is 18.8. The Hall–Kier alpha value is -2.64. The first-order valence-corrected chi connectivity index (χ1v) is 11.4. The van der Waals surface area contributed by atoms with Crippen LogP contribution in [-0.2, 0) is 22.6 Å². The number of anilines is 1. The van der Waals surface area contributed by atoms with Gasteiger partial charge in [-0.3, -0.25) is 4.99 Å². The molecule has 32 heavy (non-hydrogen) atoms. The Kier molecular flexibility index (Phi) is 7.96. The van der Waals surface area contributed by atoms with Crippen molar-refractivity contribution in [2.75, 3.05) is 57.9 Å². The second kappa shape index (κ2) is 11.3. The van der Waals surface area contributed by atoms with E-state index in [0.29, 0.717) is 38.0 Å². The molecule has 2 aromatic carbocycles. The van der Waals surface area contributed by atoms with E-state index >= 15 is 0 Å². The van der Waals surface area contributed by atoms with Crippen molar-refractivity contribution in [3.8, 4) is 0 Å². The highest BCUT2D eigenvalue weighted by Crippen LogP contribution is 2.22. The molecule has 1 atom stereocenters. The summed E-state index contributed by atoms with van der Waals surface area (Å²) >= 11 is 0. The van der Waals surface area contributed by atoms with Crippen molar-refractivity contribution in [3.05, 3.63) is 65.5 Å². The standard InChI is InChI=1S/C25H33FN4O2/c1-27-25(30-10-9-22(17-30)19-32-18-20-5-3-2-4-6-20)28-16-21-7-8-24(23(26)15-21)29-11-13-31-14-12-29/h2-8,15,22H,9-14,16-19H2,1H3,(H,27,28). The first kappa shape index (κ1) is 22.6. The predicted molar refractivity (Wildman–Crippen MR) is 125 cm³/mol. The van der Waals surface area contributed by atoms with Gasteiger partial charge in [-0.25, -0.2) is 4.39 Å². The van der Waals surface area contributed by atoms with Crippen molar-refractivity contribution in [2.24, 2.45) is 10.9 Å². The van der Waals surface area contributed by atoms with Gasteiger partial charge in [-0.05, 0) is 29.7 Å². The molecular weight excluding hydrogens is 407 g/mol. The minimum absolute atomic E-state index is 0.182. The molecular formula is C25H33FN4O2. The molecule has 2 saturated heterocycles. The van der Waals surface area contributed by atoms with Gasteiger partial charge in [0.2, 0.25) is 0 Å². The van der Waals surface area contributed by atoms with E-state index < -0.39 is 0 Å². The van der Waals surface area contributed by atoms with E-state index in [1.54, 1.807) is 13.1 Å². The number of ether oxygens (including phenoxy) is 2. The summed E-state index contributed by atoms with van der Waals surface area (Å²) in [7, 11) is 1.80. The number of hydrogen-bond acceptors (Lipinski definition) is 4. The smallest absolute Gasteiger partial charge is 0.193 e. The number of morpholine rings is 1. The van der Waals surface area contributed by atoms with Crippen molar-refractivity contribution in [2.45, 2.75) is 19.6 Å². The molecule has 4 rings (SSSR count). The van der Waals surface area contributed by atoms with Gasteiger partial charge in [-0.15, -0.1) is 0 Å². The van der Waals surface area contributed by atoms with Crippen LogP contribution in [0.2, 0.25) is 0 Å². The molecule has 0 spiro atoms. The summed E-state index contributed by atoms with van der Waals surface area (Å²) in [6.07, 6.45) is 1.08. The molecule has 2 aliphatic rings. The number of aliphatic imine (C=N–C) groups is 1. The molecule has 0 radical (unpaired) electrons. The number of halogens is 1. The highest BCUT2D eigenvalue weighted by Gasteiger charge is 2.25. The summed E-state index contributed by atoms with van der Waals surface area (Å²) in [5.74, 6) is 1.16. The van der Waals surface area contributed by atoms with Gasteiger partial charge >= 0.3 is 0 Å². The fourth-order valence-electron chi connectivity index (χ4n) is 4.31. The van der Waals surface area contributed by atoms with Gasteiger partial charge in [0.1, 0.15) is 5.82 Å². The average molecular weight is 441 g/mol. The first-order valence-electron chi connectivity index (χ1n) is 11.4. The monoisotopic (exact) mass is 440 g/mol. The third kappa shape index (κ3) is 5.99. The van der Waals surface area contributed by atoms with Crippen LogP contribution in [-0.4, -0.2) is 63.9 Å². The highest BCUT2D eigenvalue weighted by atomic mass is 19.1. The van der Waals surface area contributed by atoms with Gasteiger partial charge in [-0.1, -0.05) is 36.4 Å². The van der Waals surface area contributed by atoms with Crippen molar-refractivity contribution in [1.82, 2.24) is 10.2 Å². The number of likely N-dealkylation sites (tertiary alicyclic amines) is 1. The van der Waals surface area contributed by atoms with Crippen molar-refractivity contribution in [3.63, 3.8) is 0 Å². The van der Waals surface area contributed by atoms with Gasteiger partial charge < -0.3 is 24.6 Å². The van der Waals surface area contributed by atoms with Crippen molar-refractivity contribution >= 4 is 11.6 Å². The molecule has 2 aromatic rings. The number of rotatable bonds is 7. The third-order valence-corrected chi connectivity index (χ3v) is 6.08. The fraction of sp³-hybridized carbons (Fsp3) is 0.480. The van der Waals surface area contributed by atoms with E-state index in [-0.39, 0.29) is 5.82 Å². The molecule has 7 heteroatoms. The maximum Gasteiger partial charge on any atom is 0.193 e. The zero-order chi connectivity index (χ0) is 22.2. The van der Waals surface area contributed by atoms with E-state index in [4.69, 9.17) is 9.47 Å². The van der Waals surface area contributed by atoms with E-state index in [1.165, 1.54) is 5.56 Å². The Morgan fingerprint density at radius 1 is 1.12 bits per heavy atom. The lowest BCUT2D eigenvalue weighted by atomic mass is 10.1. The van der Waals surface area contributed by atoms with Crippen LogP contribution < -0.4 is 10.2 Å². The van der Waals surface area contributed by atoms with E-state index in [0.717, 1.165) is 50.7 Å². The topological polar surface area (TPSA) is 49.3 Å². The first-order chi connectivity index (χ1) is 15.7. The summed E-state index contributed by atoms with van der Waals surface area (Å²) in [6.45, 7) is 6.55. The SMILES string of the molecule is CN=C(NCc1ccc(N2CCOCC2)c(F)c1)N1CCC(COCc2ccccc2)C1. The van der Waals surface area contributed by atoms with Crippen LogP contribution in [0.25, 0.3) is 0 Å². The number of guanidine groups is 1. The largest absolute Gasteiger partial charge is 0.378 e. The molecule has 2 fully saturated rings. The average Bonchev–Trinajstić information content (AvgIpc) is 3.29. The number of nitrogens with zero attached hydrogens (tertiary/aromatic N) is 3.